The standard InChI is InChI=1S/C17H19BrFN/c1-11-4-12(2)6-13(5-11)7-17(20-3)14-8-15(18)10-16(19)9-14/h4-6,8-10,17,20H,7H2,1-3H3. The second-order valence-corrected chi connectivity index (χ2v) is 6.16. The highest BCUT2D eigenvalue weighted by atomic mass is 79.9. The molecule has 0 aliphatic rings. The van der Waals surface area contributed by atoms with Crippen molar-refractivity contribution in [2.75, 3.05) is 7.05 Å². The van der Waals surface area contributed by atoms with E-state index in [0.29, 0.717) is 0 Å². The van der Waals surface area contributed by atoms with E-state index in [4.69, 9.17) is 0 Å². The maximum Gasteiger partial charge on any atom is 0.124 e. The van der Waals surface area contributed by atoms with Crippen LogP contribution in [0.4, 0.5) is 4.39 Å². The fourth-order valence-corrected chi connectivity index (χ4v) is 3.07. The normalized spacial score (nSPS) is 12.4. The van der Waals surface area contributed by atoms with Crippen LogP contribution in [0.5, 0.6) is 0 Å². The van der Waals surface area contributed by atoms with Crippen LogP contribution in [0.15, 0.2) is 40.9 Å². The van der Waals surface area contributed by atoms with Gasteiger partial charge in [-0.05, 0) is 56.6 Å². The maximum absolute atomic E-state index is 13.5. The largest absolute Gasteiger partial charge is 0.313 e. The Hall–Kier alpha value is -1.19. The third-order valence-electron chi connectivity index (χ3n) is 3.36. The summed E-state index contributed by atoms with van der Waals surface area (Å²) in [5.74, 6) is -0.213. The molecule has 0 bridgehead atoms. The quantitative estimate of drug-likeness (QED) is 0.853. The minimum atomic E-state index is -0.213. The van der Waals surface area contributed by atoms with E-state index in [0.717, 1.165) is 16.5 Å². The first-order valence-electron chi connectivity index (χ1n) is 6.68. The molecule has 2 rings (SSSR count). The molecule has 2 aromatic rings. The van der Waals surface area contributed by atoms with Gasteiger partial charge >= 0.3 is 0 Å². The number of hydrogen-bond donors (Lipinski definition) is 1. The highest BCUT2D eigenvalue weighted by molar-refractivity contribution is 9.10. The summed E-state index contributed by atoms with van der Waals surface area (Å²) in [6, 6.07) is 11.7. The molecule has 2 aromatic carbocycles. The van der Waals surface area contributed by atoms with Crippen molar-refractivity contribution < 1.29 is 4.39 Å². The Bertz CT molecular complexity index is 569. The Kier molecular flexibility index (Phi) is 4.95. The van der Waals surface area contributed by atoms with E-state index >= 15 is 0 Å². The summed E-state index contributed by atoms with van der Waals surface area (Å²) in [5.41, 5.74) is 4.74. The number of benzene rings is 2. The van der Waals surface area contributed by atoms with E-state index in [2.05, 4.69) is 53.3 Å². The molecule has 0 amide bonds. The van der Waals surface area contributed by atoms with Gasteiger partial charge in [-0.25, -0.2) is 4.39 Å². The molecule has 0 saturated carbocycles. The molecule has 1 atom stereocenters. The van der Waals surface area contributed by atoms with Crippen LogP contribution in [0.2, 0.25) is 0 Å². The van der Waals surface area contributed by atoms with Gasteiger partial charge in [-0.2, -0.15) is 0 Å². The third-order valence-corrected chi connectivity index (χ3v) is 3.81. The molecule has 106 valence electrons. The minimum absolute atomic E-state index is 0.100. The molecule has 0 spiro atoms. The summed E-state index contributed by atoms with van der Waals surface area (Å²) < 4.78 is 14.3. The molecule has 1 N–H and O–H groups in total. The van der Waals surface area contributed by atoms with Gasteiger partial charge in [0.05, 0.1) is 0 Å². The molecule has 0 heterocycles. The molecule has 0 saturated heterocycles. The van der Waals surface area contributed by atoms with Crippen molar-refractivity contribution >= 4 is 15.9 Å². The fourth-order valence-electron chi connectivity index (χ4n) is 2.59. The van der Waals surface area contributed by atoms with E-state index in [9.17, 15) is 4.39 Å². The maximum atomic E-state index is 13.5. The summed E-state index contributed by atoms with van der Waals surface area (Å²) >= 11 is 3.35. The van der Waals surface area contributed by atoms with Crippen LogP contribution in [0, 0.1) is 19.7 Å². The average Bonchev–Trinajstić information content (AvgIpc) is 2.33. The Morgan fingerprint density at radius 2 is 1.70 bits per heavy atom. The van der Waals surface area contributed by atoms with Crippen molar-refractivity contribution in [1.82, 2.24) is 5.32 Å². The molecular formula is C17H19BrFN. The van der Waals surface area contributed by atoms with Gasteiger partial charge in [-0.3, -0.25) is 0 Å². The number of rotatable bonds is 4. The van der Waals surface area contributed by atoms with Gasteiger partial charge in [0.1, 0.15) is 5.82 Å². The highest BCUT2D eigenvalue weighted by Crippen LogP contribution is 2.24. The number of aryl methyl sites for hydroxylation is 2. The number of likely N-dealkylation sites (N-methyl/N-ethyl adjacent to an activating group) is 1. The molecule has 1 unspecified atom stereocenters. The monoisotopic (exact) mass is 335 g/mol. The number of halogens is 2. The predicted octanol–water partition coefficient (Wildman–Crippen LogP) is 4.71. The first kappa shape index (κ1) is 15.2. The van der Waals surface area contributed by atoms with E-state index in [1.807, 2.05) is 13.1 Å². The summed E-state index contributed by atoms with van der Waals surface area (Å²) in [4.78, 5) is 0. The second kappa shape index (κ2) is 6.51. The van der Waals surface area contributed by atoms with Crippen LogP contribution in [-0.4, -0.2) is 7.05 Å². The van der Waals surface area contributed by atoms with E-state index in [1.165, 1.54) is 22.8 Å². The first-order valence-corrected chi connectivity index (χ1v) is 7.47. The second-order valence-electron chi connectivity index (χ2n) is 5.24. The average molecular weight is 336 g/mol. The zero-order chi connectivity index (χ0) is 14.7. The molecule has 0 aliphatic heterocycles. The SMILES string of the molecule is CNC(Cc1cc(C)cc(C)c1)c1cc(F)cc(Br)c1. The van der Waals surface area contributed by atoms with Crippen LogP contribution >= 0.6 is 15.9 Å². The van der Waals surface area contributed by atoms with E-state index < -0.39 is 0 Å². The molecule has 0 radical (unpaired) electrons. The van der Waals surface area contributed by atoms with Gasteiger partial charge in [0.2, 0.25) is 0 Å². The summed E-state index contributed by atoms with van der Waals surface area (Å²) in [5, 5.41) is 3.27. The molecule has 0 aromatic heterocycles. The van der Waals surface area contributed by atoms with Crippen molar-refractivity contribution in [3.63, 3.8) is 0 Å². The third kappa shape index (κ3) is 3.90. The molecule has 3 heteroatoms. The van der Waals surface area contributed by atoms with Crippen molar-refractivity contribution in [2.45, 2.75) is 26.3 Å². The molecule has 0 fully saturated rings. The minimum Gasteiger partial charge on any atom is -0.313 e. The topological polar surface area (TPSA) is 12.0 Å². The number of nitrogens with one attached hydrogen (secondary N) is 1. The lowest BCUT2D eigenvalue weighted by Gasteiger charge is -2.18. The summed E-state index contributed by atoms with van der Waals surface area (Å²) in [6.45, 7) is 4.20. The van der Waals surface area contributed by atoms with Gasteiger partial charge in [-0.15, -0.1) is 0 Å². The van der Waals surface area contributed by atoms with Crippen LogP contribution in [0.1, 0.15) is 28.3 Å². The van der Waals surface area contributed by atoms with Crippen molar-refractivity contribution in [3.8, 4) is 0 Å². The smallest absolute Gasteiger partial charge is 0.124 e. The Labute approximate surface area is 128 Å². The first-order chi connectivity index (χ1) is 9.47. The van der Waals surface area contributed by atoms with E-state index in [1.54, 1.807) is 6.07 Å². The Morgan fingerprint density at radius 3 is 2.25 bits per heavy atom. The lowest BCUT2D eigenvalue weighted by Crippen LogP contribution is -2.19. The predicted molar refractivity (Wildman–Crippen MR) is 85.5 cm³/mol. The van der Waals surface area contributed by atoms with Crippen LogP contribution < -0.4 is 5.32 Å². The van der Waals surface area contributed by atoms with E-state index in [-0.39, 0.29) is 11.9 Å². The zero-order valence-corrected chi connectivity index (χ0v) is 13.6. The van der Waals surface area contributed by atoms with Gasteiger partial charge in [-0.1, -0.05) is 45.3 Å². The zero-order valence-electron chi connectivity index (χ0n) is 12.0. The van der Waals surface area contributed by atoms with Crippen LogP contribution in [0.25, 0.3) is 0 Å². The van der Waals surface area contributed by atoms with Crippen LogP contribution in [0.3, 0.4) is 0 Å². The fraction of sp³-hybridized carbons (Fsp3) is 0.294. The Morgan fingerprint density at radius 1 is 1.05 bits per heavy atom. The summed E-state index contributed by atoms with van der Waals surface area (Å²) in [6.07, 6.45) is 0.842. The summed E-state index contributed by atoms with van der Waals surface area (Å²) in [7, 11) is 1.91. The molecular weight excluding hydrogens is 317 g/mol. The van der Waals surface area contributed by atoms with Crippen LogP contribution in [-0.2, 0) is 6.42 Å². The highest BCUT2D eigenvalue weighted by Gasteiger charge is 2.12. The van der Waals surface area contributed by atoms with Gasteiger partial charge in [0.15, 0.2) is 0 Å². The molecule has 1 nitrogen and oxygen atoms in total. The lowest BCUT2D eigenvalue weighted by atomic mass is 9.96. The van der Waals surface area contributed by atoms with Crippen molar-refractivity contribution in [3.05, 3.63) is 68.9 Å². The number of hydrogen-bond acceptors (Lipinski definition) is 1. The van der Waals surface area contributed by atoms with Crippen molar-refractivity contribution in [1.29, 1.82) is 0 Å². The Balaban J connectivity index is 2.28. The van der Waals surface area contributed by atoms with Gasteiger partial charge in [0, 0.05) is 10.5 Å². The molecule has 20 heavy (non-hydrogen) atoms. The molecule has 0 aliphatic carbocycles. The lowest BCUT2D eigenvalue weighted by molar-refractivity contribution is 0.576. The van der Waals surface area contributed by atoms with Gasteiger partial charge < -0.3 is 5.32 Å². The van der Waals surface area contributed by atoms with Gasteiger partial charge in [0.25, 0.3) is 0 Å². The van der Waals surface area contributed by atoms with Crippen molar-refractivity contribution in [2.24, 2.45) is 0 Å².